The van der Waals surface area contributed by atoms with E-state index in [-0.39, 0.29) is 0 Å². The van der Waals surface area contributed by atoms with Crippen molar-refractivity contribution in [3.05, 3.63) is 0 Å². The maximum Gasteiger partial charge on any atom is 0.369 e. The van der Waals surface area contributed by atoms with Crippen LogP contribution in [0.1, 0.15) is 13.8 Å². The van der Waals surface area contributed by atoms with Crippen molar-refractivity contribution in [2.75, 3.05) is 19.6 Å². The van der Waals surface area contributed by atoms with E-state index >= 15 is 0 Å². The Hall–Kier alpha value is -0.660. The molecule has 0 heterocycles. The first-order valence-electron chi connectivity index (χ1n) is 3.97. The molecular formula is C6H14N2O4S. The molecule has 0 aromatic rings. The zero-order valence-electron chi connectivity index (χ0n) is 7.69. The van der Waals surface area contributed by atoms with Crippen molar-refractivity contribution < 1.29 is 23.0 Å². The third-order valence-electron chi connectivity index (χ3n) is 1.53. The first-order valence-corrected chi connectivity index (χ1v) is 5.47. The number of carboxylic acids is 1. The Kier molecular flexibility index (Phi) is 4.89. The summed E-state index contributed by atoms with van der Waals surface area (Å²) in [5.74, 6) is -1.39. The van der Waals surface area contributed by atoms with Crippen molar-refractivity contribution in [1.29, 1.82) is 0 Å². The summed E-state index contributed by atoms with van der Waals surface area (Å²) >= 11 is 0. The molecule has 6 nitrogen and oxygen atoms in total. The molecule has 0 saturated heterocycles. The first kappa shape index (κ1) is 12.3. The number of nitrogens with two attached hydrogens (primary N) is 1. The van der Waals surface area contributed by atoms with Gasteiger partial charge in [0.15, 0.2) is 0 Å². The summed E-state index contributed by atoms with van der Waals surface area (Å²) in [6, 6.07) is 0. The molecule has 0 saturated carbocycles. The number of aliphatic carboxylic acids is 1. The molecule has 78 valence electrons. The molecular weight excluding hydrogens is 196 g/mol. The normalized spacial score (nSPS) is 11.9. The van der Waals surface area contributed by atoms with E-state index in [4.69, 9.17) is 0 Å². The summed E-state index contributed by atoms with van der Waals surface area (Å²) in [4.78, 5) is 10.0. The molecule has 0 rings (SSSR count). The summed E-state index contributed by atoms with van der Waals surface area (Å²) in [6.45, 7) is 3.48. The topological polar surface area (TPSA) is 94.1 Å². The molecule has 0 aliphatic carbocycles. The maximum absolute atomic E-state index is 11.3. The lowest BCUT2D eigenvalue weighted by molar-refractivity contribution is -0.504. The summed E-state index contributed by atoms with van der Waals surface area (Å²) in [6.07, 6.45) is 0. The van der Waals surface area contributed by atoms with Crippen LogP contribution < -0.4 is 9.83 Å². The second kappa shape index (κ2) is 5.15. The maximum atomic E-state index is 11.3. The van der Waals surface area contributed by atoms with Gasteiger partial charge in [0, 0.05) is 13.1 Å². The average Bonchev–Trinajstić information content (AvgIpc) is 2.03. The Morgan fingerprint density at radius 1 is 1.38 bits per heavy atom. The van der Waals surface area contributed by atoms with E-state index in [1.54, 1.807) is 13.8 Å². The zero-order chi connectivity index (χ0) is 10.5. The molecule has 0 spiro atoms. The molecule has 0 radical (unpaired) electrons. The van der Waals surface area contributed by atoms with Gasteiger partial charge in [0.05, 0.1) is 5.97 Å². The van der Waals surface area contributed by atoms with Crippen LogP contribution in [-0.4, -0.2) is 38.3 Å². The second-order valence-electron chi connectivity index (χ2n) is 2.37. The minimum Gasteiger partial charge on any atom is -0.544 e. The summed E-state index contributed by atoms with van der Waals surface area (Å²) in [7, 11) is -3.53. The van der Waals surface area contributed by atoms with E-state index in [1.807, 2.05) is 0 Å². The number of rotatable bonds is 6. The van der Waals surface area contributed by atoms with Crippen LogP contribution in [0.5, 0.6) is 0 Å². The van der Waals surface area contributed by atoms with Crippen LogP contribution in [0.15, 0.2) is 0 Å². The number of carbonyl (C=O) groups excluding carboxylic acids is 1. The minimum absolute atomic E-state index is 0.336. The highest BCUT2D eigenvalue weighted by molar-refractivity contribution is 7.82. The largest absolute Gasteiger partial charge is 0.544 e. The molecule has 0 amide bonds. The van der Waals surface area contributed by atoms with Crippen molar-refractivity contribution in [1.82, 2.24) is 4.31 Å². The molecule has 0 aromatic carbocycles. The first-order chi connectivity index (χ1) is 5.94. The Labute approximate surface area is 77.7 Å². The van der Waals surface area contributed by atoms with Crippen LogP contribution in [0.3, 0.4) is 0 Å². The van der Waals surface area contributed by atoms with E-state index in [1.165, 1.54) is 4.31 Å². The van der Waals surface area contributed by atoms with Gasteiger partial charge in [-0.05, 0) is 0 Å². The number of hydrogen-bond acceptors (Lipinski definition) is 4. The number of carbonyl (C=O) groups is 1. The lowest BCUT2D eigenvalue weighted by Gasteiger charge is -2.15. The predicted octanol–water partition coefficient (Wildman–Crippen LogP) is -3.11. The number of hydrogen-bond donors (Lipinski definition) is 1. The Morgan fingerprint density at radius 2 is 1.85 bits per heavy atom. The van der Waals surface area contributed by atoms with Crippen molar-refractivity contribution >= 4 is 16.2 Å². The SMILES string of the molecule is CCN(CC)S(=O)(=O)[NH2+]CC(=O)[O-]. The van der Waals surface area contributed by atoms with Gasteiger partial charge in [-0.15, -0.1) is 0 Å². The highest BCUT2D eigenvalue weighted by Crippen LogP contribution is 1.89. The molecule has 7 heteroatoms. The number of carboxylic acid groups (broad SMARTS) is 1. The van der Waals surface area contributed by atoms with Gasteiger partial charge in [-0.3, -0.25) is 0 Å². The zero-order valence-corrected chi connectivity index (χ0v) is 8.50. The Bertz CT molecular complexity index is 258. The van der Waals surface area contributed by atoms with Gasteiger partial charge in [0.25, 0.3) is 0 Å². The summed E-state index contributed by atoms with van der Waals surface area (Å²) in [5, 5.41) is 10.0. The summed E-state index contributed by atoms with van der Waals surface area (Å²) < 4.78 is 24.5. The lowest BCUT2D eigenvalue weighted by atomic mass is 10.7. The highest BCUT2D eigenvalue weighted by atomic mass is 32.2. The molecule has 0 aliphatic heterocycles. The fraction of sp³-hybridized carbons (Fsp3) is 0.833. The third-order valence-corrected chi connectivity index (χ3v) is 3.35. The van der Waals surface area contributed by atoms with E-state index in [9.17, 15) is 18.3 Å². The van der Waals surface area contributed by atoms with Gasteiger partial charge in [0.2, 0.25) is 0 Å². The van der Waals surface area contributed by atoms with Crippen LogP contribution in [0.2, 0.25) is 0 Å². The molecule has 0 bridgehead atoms. The fourth-order valence-corrected chi connectivity index (χ4v) is 2.14. The molecule has 0 aliphatic rings. The van der Waals surface area contributed by atoms with E-state index in [0.717, 1.165) is 4.72 Å². The molecule has 2 N–H and O–H groups in total. The Balaban J connectivity index is 4.30. The van der Waals surface area contributed by atoms with Crippen LogP contribution in [-0.2, 0) is 15.0 Å². The van der Waals surface area contributed by atoms with Crippen molar-refractivity contribution in [2.24, 2.45) is 0 Å². The van der Waals surface area contributed by atoms with Gasteiger partial charge in [0.1, 0.15) is 6.54 Å². The van der Waals surface area contributed by atoms with E-state index in [2.05, 4.69) is 0 Å². The van der Waals surface area contributed by atoms with Crippen LogP contribution in [0.25, 0.3) is 0 Å². The van der Waals surface area contributed by atoms with E-state index < -0.39 is 22.7 Å². The van der Waals surface area contributed by atoms with Gasteiger partial charge in [-0.25, -0.2) is 4.72 Å². The molecule has 13 heavy (non-hydrogen) atoms. The fourth-order valence-electron chi connectivity index (χ4n) is 0.862. The Morgan fingerprint density at radius 3 is 2.15 bits per heavy atom. The molecule has 0 atom stereocenters. The smallest absolute Gasteiger partial charge is 0.369 e. The monoisotopic (exact) mass is 210 g/mol. The number of quaternary nitrogens is 1. The third kappa shape index (κ3) is 4.20. The van der Waals surface area contributed by atoms with Gasteiger partial charge >= 0.3 is 10.2 Å². The summed E-state index contributed by atoms with van der Waals surface area (Å²) in [5.41, 5.74) is 0. The molecule has 0 aromatic heterocycles. The van der Waals surface area contributed by atoms with Crippen molar-refractivity contribution in [3.63, 3.8) is 0 Å². The standard InChI is InChI=1S/C6H14N2O4S/c1-3-8(4-2)13(11,12)7-5-6(9)10/h7H,3-5H2,1-2H3,(H,9,10). The lowest BCUT2D eigenvalue weighted by Crippen LogP contribution is -2.92. The van der Waals surface area contributed by atoms with Crippen LogP contribution in [0.4, 0.5) is 0 Å². The molecule has 0 unspecified atom stereocenters. The number of nitrogens with zero attached hydrogens (tertiary/aromatic N) is 1. The van der Waals surface area contributed by atoms with Crippen molar-refractivity contribution in [3.8, 4) is 0 Å². The van der Waals surface area contributed by atoms with Crippen LogP contribution in [0, 0.1) is 0 Å². The average molecular weight is 210 g/mol. The van der Waals surface area contributed by atoms with E-state index in [0.29, 0.717) is 13.1 Å². The quantitative estimate of drug-likeness (QED) is 0.502. The van der Waals surface area contributed by atoms with Gasteiger partial charge in [-0.2, -0.15) is 12.7 Å². The molecule has 0 fully saturated rings. The van der Waals surface area contributed by atoms with Gasteiger partial charge in [-0.1, -0.05) is 13.8 Å². The predicted molar refractivity (Wildman–Crippen MR) is 43.6 cm³/mol. The van der Waals surface area contributed by atoms with Crippen molar-refractivity contribution in [2.45, 2.75) is 13.8 Å². The van der Waals surface area contributed by atoms with Crippen LogP contribution >= 0.6 is 0 Å². The second-order valence-corrected chi connectivity index (χ2v) is 4.25. The highest BCUT2D eigenvalue weighted by Gasteiger charge is 2.21. The van der Waals surface area contributed by atoms with Gasteiger partial charge < -0.3 is 9.90 Å². The minimum atomic E-state index is -3.53.